The van der Waals surface area contributed by atoms with E-state index in [1.807, 2.05) is 6.07 Å². The standard InChI is InChI=1S/C20H20F2N2O2S/c1-13-10-16(21)3-5-20(13)27(25,26)24-8-6-14(7-9-24)19-12-15-11-17(22)2-4-18(15)23-19/h2-5,10-12,14,23H,6-9H2,1H3. The molecule has 142 valence electrons. The normalized spacial score (nSPS) is 16.9. The van der Waals surface area contributed by atoms with E-state index in [9.17, 15) is 17.2 Å². The summed E-state index contributed by atoms with van der Waals surface area (Å²) in [5.41, 5.74) is 2.30. The first kappa shape index (κ1) is 18.1. The van der Waals surface area contributed by atoms with Gasteiger partial charge in [0.1, 0.15) is 11.6 Å². The lowest BCUT2D eigenvalue weighted by atomic mass is 9.95. The van der Waals surface area contributed by atoms with Crippen LogP contribution in [0.5, 0.6) is 0 Å². The number of rotatable bonds is 3. The monoisotopic (exact) mass is 390 g/mol. The van der Waals surface area contributed by atoms with Gasteiger partial charge in [0.25, 0.3) is 0 Å². The average Bonchev–Trinajstić information content (AvgIpc) is 3.04. The van der Waals surface area contributed by atoms with Crippen molar-refractivity contribution in [2.75, 3.05) is 13.1 Å². The van der Waals surface area contributed by atoms with Gasteiger partial charge < -0.3 is 4.98 Å². The Morgan fingerprint density at radius 3 is 2.37 bits per heavy atom. The molecule has 1 saturated heterocycles. The lowest BCUT2D eigenvalue weighted by Crippen LogP contribution is -2.38. The molecule has 1 fully saturated rings. The van der Waals surface area contributed by atoms with Crippen LogP contribution >= 0.6 is 0 Å². The SMILES string of the molecule is Cc1cc(F)ccc1S(=O)(=O)N1CCC(c2cc3cc(F)ccc3[nH]2)CC1. The van der Waals surface area contributed by atoms with Gasteiger partial charge in [0.15, 0.2) is 0 Å². The molecule has 0 saturated carbocycles. The van der Waals surface area contributed by atoms with E-state index < -0.39 is 15.8 Å². The number of nitrogens with one attached hydrogen (secondary N) is 1. The Morgan fingerprint density at radius 1 is 1.00 bits per heavy atom. The van der Waals surface area contributed by atoms with Crippen LogP contribution in [0.4, 0.5) is 8.78 Å². The molecule has 0 unspecified atom stereocenters. The van der Waals surface area contributed by atoms with Crippen LogP contribution in [0.15, 0.2) is 47.4 Å². The van der Waals surface area contributed by atoms with E-state index in [0.717, 1.165) is 16.6 Å². The van der Waals surface area contributed by atoms with Crippen molar-refractivity contribution in [3.8, 4) is 0 Å². The molecule has 0 amide bonds. The van der Waals surface area contributed by atoms with Crippen LogP contribution in [-0.2, 0) is 10.0 Å². The number of fused-ring (bicyclic) bond motifs is 1. The highest BCUT2D eigenvalue weighted by Crippen LogP contribution is 2.32. The van der Waals surface area contributed by atoms with Crippen LogP contribution < -0.4 is 0 Å². The van der Waals surface area contributed by atoms with Gasteiger partial charge in [-0.3, -0.25) is 0 Å². The van der Waals surface area contributed by atoms with Crippen LogP contribution in [0.2, 0.25) is 0 Å². The molecular weight excluding hydrogens is 370 g/mol. The Balaban J connectivity index is 1.52. The zero-order valence-corrected chi connectivity index (χ0v) is 15.7. The van der Waals surface area contributed by atoms with Crippen LogP contribution in [0, 0.1) is 18.6 Å². The fraction of sp³-hybridized carbons (Fsp3) is 0.300. The largest absolute Gasteiger partial charge is 0.358 e. The average molecular weight is 390 g/mol. The number of H-pyrrole nitrogens is 1. The Bertz CT molecular complexity index is 1100. The van der Waals surface area contributed by atoms with Crippen molar-refractivity contribution in [1.82, 2.24) is 9.29 Å². The molecule has 4 rings (SSSR count). The molecular formula is C20H20F2N2O2S. The number of aromatic nitrogens is 1. The van der Waals surface area contributed by atoms with E-state index >= 15 is 0 Å². The van der Waals surface area contributed by atoms with E-state index in [2.05, 4.69) is 4.98 Å². The first-order valence-corrected chi connectivity index (χ1v) is 10.3. The molecule has 2 aromatic carbocycles. The van der Waals surface area contributed by atoms with E-state index in [1.165, 1.54) is 34.6 Å². The fourth-order valence-electron chi connectivity index (χ4n) is 3.79. The molecule has 2 heterocycles. The first-order valence-electron chi connectivity index (χ1n) is 8.89. The summed E-state index contributed by atoms with van der Waals surface area (Å²) in [6.45, 7) is 2.40. The quantitative estimate of drug-likeness (QED) is 0.724. The number of hydrogen-bond acceptors (Lipinski definition) is 2. The smallest absolute Gasteiger partial charge is 0.243 e. The van der Waals surface area contributed by atoms with Gasteiger partial charge >= 0.3 is 0 Å². The maximum Gasteiger partial charge on any atom is 0.243 e. The molecule has 3 aromatic rings. The van der Waals surface area contributed by atoms with Gasteiger partial charge in [0.05, 0.1) is 4.90 Å². The van der Waals surface area contributed by atoms with Crippen LogP contribution in [0.25, 0.3) is 10.9 Å². The summed E-state index contributed by atoms with van der Waals surface area (Å²) >= 11 is 0. The number of sulfonamides is 1. The van der Waals surface area contributed by atoms with Crippen molar-refractivity contribution >= 4 is 20.9 Å². The van der Waals surface area contributed by atoms with Gasteiger partial charge in [-0.2, -0.15) is 4.31 Å². The van der Waals surface area contributed by atoms with Gasteiger partial charge in [-0.15, -0.1) is 0 Å². The van der Waals surface area contributed by atoms with Crippen molar-refractivity contribution in [2.24, 2.45) is 0 Å². The summed E-state index contributed by atoms with van der Waals surface area (Å²) in [5.74, 6) is -0.523. The zero-order chi connectivity index (χ0) is 19.2. The lowest BCUT2D eigenvalue weighted by Gasteiger charge is -2.31. The van der Waals surface area contributed by atoms with Crippen molar-refractivity contribution in [2.45, 2.75) is 30.6 Å². The van der Waals surface area contributed by atoms with E-state index in [1.54, 1.807) is 13.0 Å². The van der Waals surface area contributed by atoms with Crippen LogP contribution in [0.1, 0.15) is 30.0 Å². The topological polar surface area (TPSA) is 53.2 Å². The molecule has 0 radical (unpaired) electrons. The number of halogens is 2. The molecule has 0 spiro atoms. The van der Waals surface area contributed by atoms with E-state index in [-0.39, 0.29) is 16.6 Å². The molecule has 1 N–H and O–H groups in total. The predicted molar refractivity (Wildman–Crippen MR) is 100 cm³/mol. The van der Waals surface area contributed by atoms with Gasteiger partial charge in [0.2, 0.25) is 10.0 Å². The molecule has 1 aliphatic rings. The summed E-state index contributed by atoms with van der Waals surface area (Å²) < 4.78 is 53.9. The molecule has 4 nitrogen and oxygen atoms in total. The van der Waals surface area contributed by atoms with Gasteiger partial charge in [-0.05, 0) is 67.8 Å². The third-order valence-electron chi connectivity index (χ3n) is 5.25. The number of hydrogen-bond donors (Lipinski definition) is 1. The van der Waals surface area contributed by atoms with Crippen molar-refractivity contribution in [1.29, 1.82) is 0 Å². The second kappa shape index (κ2) is 6.73. The summed E-state index contributed by atoms with van der Waals surface area (Å²) in [7, 11) is -3.64. The molecule has 7 heteroatoms. The zero-order valence-electron chi connectivity index (χ0n) is 14.9. The fourth-order valence-corrected chi connectivity index (χ4v) is 5.47. The van der Waals surface area contributed by atoms with Gasteiger partial charge in [-0.25, -0.2) is 17.2 Å². The number of piperidine rings is 1. The first-order chi connectivity index (χ1) is 12.8. The van der Waals surface area contributed by atoms with Crippen molar-refractivity contribution in [3.05, 3.63) is 65.4 Å². The minimum Gasteiger partial charge on any atom is -0.358 e. The Hall–Kier alpha value is -2.25. The maximum absolute atomic E-state index is 13.4. The summed E-state index contributed by atoms with van der Waals surface area (Å²) in [6.07, 6.45) is 1.35. The predicted octanol–water partition coefficient (Wildman–Crippen LogP) is 4.32. The lowest BCUT2D eigenvalue weighted by molar-refractivity contribution is 0.317. The minimum absolute atomic E-state index is 0.156. The number of aromatic amines is 1. The van der Waals surface area contributed by atoms with Gasteiger partial charge in [-0.1, -0.05) is 0 Å². The molecule has 27 heavy (non-hydrogen) atoms. The maximum atomic E-state index is 13.4. The van der Waals surface area contributed by atoms with Crippen molar-refractivity contribution < 1.29 is 17.2 Å². The number of nitrogens with zero attached hydrogens (tertiary/aromatic N) is 1. The summed E-state index contributed by atoms with van der Waals surface area (Å²) in [4.78, 5) is 3.47. The molecule has 1 aliphatic heterocycles. The second-order valence-electron chi connectivity index (χ2n) is 7.04. The van der Waals surface area contributed by atoms with Crippen LogP contribution in [-0.4, -0.2) is 30.8 Å². The highest BCUT2D eigenvalue weighted by molar-refractivity contribution is 7.89. The van der Waals surface area contributed by atoms with E-state index in [0.29, 0.717) is 31.5 Å². The second-order valence-corrected chi connectivity index (χ2v) is 8.95. The molecule has 0 bridgehead atoms. The number of benzene rings is 2. The molecule has 0 aliphatic carbocycles. The van der Waals surface area contributed by atoms with Crippen molar-refractivity contribution in [3.63, 3.8) is 0 Å². The molecule has 0 atom stereocenters. The minimum atomic E-state index is -3.64. The Morgan fingerprint density at radius 2 is 1.67 bits per heavy atom. The molecule has 1 aromatic heterocycles. The summed E-state index contributed by atoms with van der Waals surface area (Å²) in [5, 5.41) is 0.821. The number of aryl methyl sites for hydroxylation is 1. The Kier molecular flexibility index (Phi) is 4.52. The third kappa shape index (κ3) is 3.37. The highest BCUT2D eigenvalue weighted by atomic mass is 32.2. The third-order valence-corrected chi connectivity index (χ3v) is 7.31. The Labute approximate surface area is 156 Å². The van der Waals surface area contributed by atoms with Crippen LogP contribution in [0.3, 0.4) is 0 Å². The van der Waals surface area contributed by atoms with Gasteiger partial charge in [0, 0.05) is 35.6 Å². The summed E-state index contributed by atoms with van der Waals surface area (Å²) in [6, 6.07) is 10.3. The highest BCUT2D eigenvalue weighted by Gasteiger charge is 2.31. The van der Waals surface area contributed by atoms with E-state index in [4.69, 9.17) is 0 Å².